The molecule has 8 nitrogen and oxygen atoms in total. The Morgan fingerprint density at radius 1 is 1.11 bits per heavy atom. The van der Waals surface area contributed by atoms with Gasteiger partial charge in [-0.05, 0) is 54.8 Å². The van der Waals surface area contributed by atoms with E-state index >= 15 is 0 Å². The lowest BCUT2D eigenvalue weighted by Gasteiger charge is -2.12. The Morgan fingerprint density at radius 2 is 1.97 bits per heavy atom. The van der Waals surface area contributed by atoms with Crippen LogP contribution in [-0.4, -0.2) is 31.3 Å². The van der Waals surface area contributed by atoms with Crippen LogP contribution in [0.4, 0.5) is 5.82 Å². The van der Waals surface area contributed by atoms with Gasteiger partial charge in [-0.15, -0.1) is 0 Å². The molecule has 170 valence electrons. The van der Waals surface area contributed by atoms with Crippen molar-refractivity contribution in [3.63, 3.8) is 0 Å². The highest BCUT2D eigenvalue weighted by molar-refractivity contribution is 5.95. The number of amides is 1. The largest absolute Gasteiger partial charge is 0.363 e. The third kappa shape index (κ3) is 4.04. The number of hydrogen-bond donors (Lipinski definition) is 2. The van der Waals surface area contributed by atoms with Crippen molar-refractivity contribution in [2.45, 2.75) is 25.4 Å². The molecular formula is C27H21N7O. The zero-order valence-electron chi connectivity index (χ0n) is 18.8. The molecule has 2 N–H and O–H groups in total. The highest BCUT2D eigenvalue weighted by atomic mass is 16.1. The lowest BCUT2D eigenvalue weighted by atomic mass is 10.1. The molecule has 1 fully saturated rings. The van der Waals surface area contributed by atoms with Crippen LogP contribution in [0.25, 0.3) is 27.9 Å². The van der Waals surface area contributed by atoms with Gasteiger partial charge in [0.2, 0.25) is 0 Å². The van der Waals surface area contributed by atoms with Gasteiger partial charge in [-0.25, -0.2) is 9.97 Å². The topological polar surface area (TPSA) is 108 Å². The van der Waals surface area contributed by atoms with Crippen LogP contribution in [0.15, 0.2) is 73.2 Å². The van der Waals surface area contributed by atoms with Gasteiger partial charge in [0.15, 0.2) is 11.5 Å². The van der Waals surface area contributed by atoms with E-state index in [2.05, 4.69) is 26.7 Å². The van der Waals surface area contributed by atoms with Crippen molar-refractivity contribution in [3.8, 4) is 17.3 Å². The minimum Gasteiger partial charge on any atom is -0.363 e. The Bertz CT molecular complexity index is 1600. The van der Waals surface area contributed by atoms with E-state index in [1.165, 1.54) is 0 Å². The van der Waals surface area contributed by atoms with Gasteiger partial charge < -0.3 is 10.6 Å². The second-order valence-electron chi connectivity index (χ2n) is 8.62. The third-order valence-electron chi connectivity index (χ3n) is 6.09. The van der Waals surface area contributed by atoms with E-state index in [-0.39, 0.29) is 5.91 Å². The van der Waals surface area contributed by atoms with Gasteiger partial charge in [0, 0.05) is 36.1 Å². The molecule has 1 aliphatic carbocycles. The minimum absolute atomic E-state index is 0.0437. The van der Waals surface area contributed by atoms with Crippen molar-refractivity contribution < 1.29 is 4.79 Å². The number of nitrogens with one attached hydrogen (secondary N) is 2. The summed E-state index contributed by atoms with van der Waals surface area (Å²) in [5.41, 5.74) is 6.20. The quantitative estimate of drug-likeness (QED) is 0.392. The number of carbonyl (C=O) groups is 1. The first-order chi connectivity index (χ1) is 17.2. The number of fused-ring (bicyclic) bond motifs is 3. The average molecular weight is 460 g/mol. The fourth-order valence-electron chi connectivity index (χ4n) is 4.10. The van der Waals surface area contributed by atoms with Crippen LogP contribution >= 0.6 is 0 Å². The normalized spacial score (nSPS) is 13.0. The molecule has 5 aromatic rings. The van der Waals surface area contributed by atoms with Crippen LogP contribution < -0.4 is 10.6 Å². The van der Waals surface area contributed by atoms with Gasteiger partial charge in [-0.3, -0.25) is 14.2 Å². The van der Waals surface area contributed by atoms with Crippen molar-refractivity contribution in [3.05, 3.63) is 89.9 Å². The summed E-state index contributed by atoms with van der Waals surface area (Å²) >= 11 is 0. The number of benzene rings is 2. The number of nitrogens with zero attached hydrogens (tertiary/aromatic N) is 5. The lowest BCUT2D eigenvalue weighted by molar-refractivity contribution is 0.0951. The standard InChI is InChI=1S/C27H21N7O/c28-13-17-3-10-23-22(12-17)33-25(30-15-18-2-1-11-29-14-18)26-31-16-24(34(23)26)19-4-6-20(7-5-19)27(35)32-21-8-9-21/h1-7,10-12,14,16,21H,8-9,15H2,(H,30,33)(H,32,35). The van der Waals surface area contributed by atoms with Gasteiger partial charge >= 0.3 is 0 Å². The fourth-order valence-corrected chi connectivity index (χ4v) is 4.10. The summed E-state index contributed by atoms with van der Waals surface area (Å²) in [6, 6.07) is 19.4. The molecular weight excluding hydrogens is 438 g/mol. The van der Waals surface area contributed by atoms with Crippen molar-refractivity contribution in [1.82, 2.24) is 24.7 Å². The molecule has 0 unspecified atom stereocenters. The van der Waals surface area contributed by atoms with E-state index in [9.17, 15) is 10.1 Å². The summed E-state index contributed by atoms with van der Waals surface area (Å²) < 4.78 is 2.04. The zero-order valence-corrected chi connectivity index (χ0v) is 18.8. The van der Waals surface area contributed by atoms with Crippen molar-refractivity contribution in [1.29, 1.82) is 5.26 Å². The number of imidazole rings is 1. The average Bonchev–Trinajstić information content (AvgIpc) is 3.61. The Balaban J connectivity index is 1.43. The van der Waals surface area contributed by atoms with Gasteiger partial charge in [-0.1, -0.05) is 18.2 Å². The molecule has 0 saturated heterocycles. The Morgan fingerprint density at radius 3 is 2.71 bits per heavy atom. The molecule has 3 heterocycles. The number of rotatable bonds is 6. The van der Waals surface area contributed by atoms with Gasteiger partial charge in [-0.2, -0.15) is 5.26 Å². The van der Waals surface area contributed by atoms with Crippen molar-refractivity contribution in [2.24, 2.45) is 0 Å². The maximum atomic E-state index is 12.4. The van der Waals surface area contributed by atoms with E-state index in [0.717, 1.165) is 35.2 Å². The molecule has 1 aliphatic rings. The molecule has 1 amide bonds. The maximum Gasteiger partial charge on any atom is 0.251 e. The van der Waals surface area contributed by atoms with Crippen LogP contribution in [-0.2, 0) is 6.54 Å². The molecule has 0 spiro atoms. The molecule has 6 rings (SSSR count). The predicted molar refractivity (Wildman–Crippen MR) is 133 cm³/mol. The Kier molecular flexibility index (Phi) is 5.08. The second-order valence-corrected chi connectivity index (χ2v) is 8.62. The molecule has 8 heteroatoms. The maximum absolute atomic E-state index is 12.4. The number of aromatic nitrogens is 4. The first-order valence-electron chi connectivity index (χ1n) is 11.4. The lowest BCUT2D eigenvalue weighted by Crippen LogP contribution is -2.25. The summed E-state index contributed by atoms with van der Waals surface area (Å²) in [5, 5.41) is 15.8. The second kappa shape index (κ2) is 8.54. The molecule has 0 bridgehead atoms. The zero-order chi connectivity index (χ0) is 23.8. The smallest absolute Gasteiger partial charge is 0.251 e. The molecule has 0 radical (unpaired) electrons. The minimum atomic E-state index is -0.0437. The predicted octanol–water partition coefficient (Wildman–Crippen LogP) is 4.32. The number of carbonyl (C=O) groups excluding carboxylic acids is 1. The molecule has 0 atom stereocenters. The summed E-state index contributed by atoms with van der Waals surface area (Å²) in [7, 11) is 0. The molecule has 3 aromatic heterocycles. The number of pyridine rings is 1. The molecule has 2 aromatic carbocycles. The van der Waals surface area contributed by atoms with E-state index in [4.69, 9.17) is 4.98 Å². The Labute approximate surface area is 201 Å². The van der Waals surface area contributed by atoms with E-state index in [1.54, 1.807) is 24.5 Å². The van der Waals surface area contributed by atoms with Gasteiger partial charge in [0.05, 0.1) is 34.6 Å². The van der Waals surface area contributed by atoms with Gasteiger partial charge in [0.1, 0.15) is 0 Å². The fraction of sp³-hybridized carbons (Fsp3) is 0.148. The summed E-state index contributed by atoms with van der Waals surface area (Å²) in [5.74, 6) is 0.570. The van der Waals surface area contributed by atoms with Crippen molar-refractivity contribution >= 4 is 28.4 Å². The van der Waals surface area contributed by atoms with Crippen LogP contribution in [0, 0.1) is 11.3 Å². The van der Waals surface area contributed by atoms with Gasteiger partial charge in [0.25, 0.3) is 5.91 Å². The first-order valence-corrected chi connectivity index (χ1v) is 11.4. The SMILES string of the molecule is N#Cc1ccc2c(c1)nc(NCc1cccnc1)c1ncc(-c3ccc(C(=O)NC4CC4)cc3)n12. The van der Waals surface area contributed by atoms with E-state index in [1.807, 2.05) is 53.1 Å². The molecule has 0 aliphatic heterocycles. The monoisotopic (exact) mass is 459 g/mol. The molecule has 35 heavy (non-hydrogen) atoms. The summed E-state index contributed by atoms with van der Waals surface area (Å²) in [6.07, 6.45) is 7.45. The number of nitriles is 1. The summed E-state index contributed by atoms with van der Waals surface area (Å²) in [4.78, 5) is 26.0. The number of hydrogen-bond acceptors (Lipinski definition) is 6. The van der Waals surface area contributed by atoms with Crippen LogP contribution in [0.3, 0.4) is 0 Å². The van der Waals surface area contributed by atoms with Crippen LogP contribution in [0.5, 0.6) is 0 Å². The Hall–Kier alpha value is -4.77. The third-order valence-corrected chi connectivity index (χ3v) is 6.09. The highest BCUT2D eigenvalue weighted by Gasteiger charge is 2.24. The van der Waals surface area contributed by atoms with Crippen LogP contribution in [0.2, 0.25) is 0 Å². The van der Waals surface area contributed by atoms with E-state index in [0.29, 0.717) is 40.7 Å². The highest BCUT2D eigenvalue weighted by Crippen LogP contribution is 2.29. The number of anilines is 1. The molecule has 1 saturated carbocycles. The first kappa shape index (κ1) is 20.8. The van der Waals surface area contributed by atoms with E-state index < -0.39 is 0 Å². The summed E-state index contributed by atoms with van der Waals surface area (Å²) in [6.45, 7) is 0.535. The van der Waals surface area contributed by atoms with Crippen molar-refractivity contribution in [2.75, 3.05) is 5.32 Å². The van der Waals surface area contributed by atoms with Crippen LogP contribution in [0.1, 0.15) is 34.3 Å².